The summed E-state index contributed by atoms with van der Waals surface area (Å²) in [6.07, 6.45) is 4.34. The number of nitrogens with one attached hydrogen (secondary N) is 1. The van der Waals surface area contributed by atoms with Gasteiger partial charge in [-0.1, -0.05) is 26.2 Å². The van der Waals surface area contributed by atoms with Crippen LogP contribution in [0.5, 0.6) is 0 Å². The largest absolute Gasteiger partial charge is 0.542 e. The van der Waals surface area contributed by atoms with Gasteiger partial charge in [0.25, 0.3) is 0 Å². The monoisotopic (exact) mass is 431 g/mol. The maximum absolute atomic E-state index is 11.7. The summed E-state index contributed by atoms with van der Waals surface area (Å²) in [4.78, 5) is 54.7. The molecule has 0 spiro atoms. The molecule has 0 fully saturated rings. The fourth-order valence-electron chi connectivity index (χ4n) is 2.08. The molecule has 0 aliphatic carbocycles. The topological polar surface area (TPSA) is 138 Å². The van der Waals surface area contributed by atoms with Crippen LogP contribution in [0.3, 0.4) is 0 Å². The molecule has 0 aromatic heterocycles. The van der Waals surface area contributed by atoms with Gasteiger partial charge in [0.15, 0.2) is 0 Å². The van der Waals surface area contributed by atoms with E-state index in [1.807, 2.05) is 6.29 Å². The first-order chi connectivity index (χ1) is 11.3. The Morgan fingerprint density at radius 2 is 1.64 bits per heavy atom. The van der Waals surface area contributed by atoms with Crippen LogP contribution >= 0.6 is 0 Å². The molecule has 139 valence electrons. The molecule has 2 unspecified atom stereocenters. The first kappa shape index (κ1) is 26.1. The molecule has 8 nitrogen and oxygen atoms in total. The third kappa shape index (κ3) is 14.9. The summed E-state index contributed by atoms with van der Waals surface area (Å²) in [6, 6.07) is -1.27. The van der Waals surface area contributed by atoms with Crippen molar-refractivity contribution >= 4 is 29.9 Å². The van der Waals surface area contributed by atoms with Gasteiger partial charge in [-0.3, -0.25) is 20.7 Å². The van der Waals surface area contributed by atoms with E-state index in [9.17, 15) is 24.0 Å². The minimum absolute atomic E-state index is 0. The van der Waals surface area contributed by atoms with Crippen molar-refractivity contribution < 1.29 is 66.9 Å². The second-order valence-electron chi connectivity index (χ2n) is 5.72. The zero-order chi connectivity index (χ0) is 18.5. The van der Waals surface area contributed by atoms with E-state index in [0.717, 1.165) is 19.3 Å². The molecule has 0 heterocycles. The summed E-state index contributed by atoms with van der Waals surface area (Å²) in [5.74, 6) is -3.77. The second kappa shape index (κ2) is 15.1. The molecule has 0 bridgehead atoms. The smallest absolute Gasteiger partial charge is 0.326 e. The summed E-state index contributed by atoms with van der Waals surface area (Å²) < 4.78 is 0. The molecule has 0 aliphatic rings. The zero-order valence-electron chi connectivity index (χ0n) is 14.3. The Morgan fingerprint density at radius 1 is 1.00 bits per heavy atom. The van der Waals surface area contributed by atoms with Crippen LogP contribution in [0.4, 0.5) is 0 Å². The van der Waals surface area contributed by atoms with Gasteiger partial charge in [-0.2, -0.15) is 0 Å². The molecule has 1 amide bonds. The summed E-state index contributed by atoms with van der Waals surface area (Å²) in [5, 5.41) is 19.5. The Hall–Kier alpha value is -1.15. The van der Waals surface area contributed by atoms with Crippen molar-refractivity contribution in [1.82, 2.24) is 5.32 Å². The van der Waals surface area contributed by atoms with Gasteiger partial charge in [0.05, 0.1) is 0 Å². The van der Waals surface area contributed by atoms with Gasteiger partial charge in [-0.05, 0) is 12.8 Å². The van der Waals surface area contributed by atoms with E-state index < -0.39 is 30.3 Å². The molecule has 0 aromatic carbocycles. The molecule has 1 radical (unpaired) electrons. The van der Waals surface area contributed by atoms with Gasteiger partial charge in [-0.25, -0.2) is 4.79 Å². The molecule has 0 aromatic rings. The van der Waals surface area contributed by atoms with E-state index in [1.54, 1.807) is 6.92 Å². The third-order valence-electron chi connectivity index (χ3n) is 3.45. The Balaban J connectivity index is 0. The Kier molecular flexibility index (Phi) is 15.8. The van der Waals surface area contributed by atoms with Gasteiger partial charge < -0.3 is 20.3 Å². The van der Waals surface area contributed by atoms with Crippen molar-refractivity contribution in [3.63, 3.8) is 0 Å². The van der Waals surface area contributed by atoms with Crippen molar-refractivity contribution in [1.29, 1.82) is 0 Å². The number of hydrogen-bond acceptors (Lipinski definition) is 5. The Morgan fingerprint density at radius 3 is 2.16 bits per heavy atom. The van der Waals surface area contributed by atoms with Gasteiger partial charge >= 0.3 is 11.9 Å². The maximum atomic E-state index is 11.7. The fraction of sp³-hybridized carbons (Fsp3) is 0.688. The van der Waals surface area contributed by atoms with Gasteiger partial charge in [0.1, 0.15) is 18.2 Å². The van der Waals surface area contributed by atoms with Gasteiger partial charge in [0.2, 0.25) is 5.91 Å². The maximum Gasteiger partial charge on any atom is 0.326 e. The summed E-state index contributed by atoms with van der Waals surface area (Å²) >= 11 is 0. The number of carbonyl (C=O) groups excluding carboxylic acids is 3. The van der Waals surface area contributed by atoms with Crippen molar-refractivity contribution in [3.05, 3.63) is 0 Å². The first-order valence-corrected chi connectivity index (χ1v) is 7.89. The zero-order valence-corrected chi connectivity index (χ0v) is 17.2. The number of aliphatic carboxylic acids is 2. The van der Waals surface area contributed by atoms with Crippen LogP contribution in [0, 0.1) is 5.92 Å². The first-order valence-electron chi connectivity index (χ1n) is 7.89. The average Bonchev–Trinajstić information content (AvgIpc) is 2.49. The number of carbonyl (C=O) groups is 4. The summed E-state index contributed by atoms with van der Waals surface area (Å²) in [5.41, 5.74) is 0. The number of rotatable bonds is 14. The summed E-state index contributed by atoms with van der Waals surface area (Å²) in [7, 11) is 0. The number of carboxylic acids is 2. The van der Waals surface area contributed by atoms with Crippen LogP contribution in [0.1, 0.15) is 58.3 Å². The SMILES string of the molecule is CC([C-]=O)CCCCCC(=O)CCC(NC(=O)CC(=O)O)C(=O)O.[Y]. The van der Waals surface area contributed by atoms with Crippen molar-refractivity contribution in [2.75, 3.05) is 0 Å². The predicted octanol–water partition coefficient (Wildman–Crippen LogP) is 1.07. The molecule has 0 rings (SSSR count). The predicted molar refractivity (Wildman–Crippen MR) is 84.0 cm³/mol. The van der Waals surface area contributed by atoms with Crippen molar-refractivity contribution in [2.45, 2.75) is 64.3 Å². The van der Waals surface area contributed by atoms with Crippen LogP contribution in [0.15, 0.2) is 0 Å². The van der Waals surface area contributed by atoms with E-state index >= 15 is 0 Å². The van der Waals surface area contributed by atoms with Gasteiger partial charge in [-0.15, -0.1) is 5.92 Å². The number of Topliss-reactive ketones (excluding diaryl/α,β-unsaturated/α-hetero) is 1. The number of hydrogen-bond donors (Lipinski definition) is 3. The molecular weight excluding hydrogens is 407 g/mol. The summed E-state index contributed by atoms with van der Waals surface area (Å²) in [6.45, 7) is 1.78. The minimum atomic E-state index is -1.35. The fourth-order valence-corrected chi connectivity index (χ4v) is 2.08. The van der Waals surface area contributed by atoms with E-state index in [0.29, 0.717) is 12.8 Å². The van der Waals surface area contributed by atoms with Crippen LogP contribution in [-0.2, 0) is 56.7 Å². The van der Waals surface area contributed by atoms with E-state index in [4.69, 9.17) is 10.2 Å². The number of amides is 1. The molecule has 9 heteroatoms. The minimum Gasteiger partial charge on any atom is -0.542 e. The number of carboxylic acid groups (broad SMARTS) is 2. The molecule has 3 N–H and O–H groups in total. The normalized spacial score (nSPS) is 12.4. The van der Waals surface area contributed by atoms with Crippen molar-refractivity contribution in [2.24, 2.45) is 5.92 Å². The Labute approximate surface area is 172 Å². The Bertz CT molecular complexity index is 467. The van der Waals surface area contributed by atoms with Crippen molar-refractivity contribution in [3.8, 4) is 0 Å². The number of ketones is 1. The molecule has 0 saturated heterocycles. The van der Waals surface area contributed by atoms with Crippen LogP contribution in [-0.4, -0.2) is 46.2 Å². The third-order valence-corrected chi connectivity index (χ3v) is 3.45. The quantitative estimate of drug-likeness (QED) is 0.213. The van der Waals surface area contributed by atoms with E-state index in [-0.39, 0.29) is 57.3 Å². The van der Waals surface area contributed by atoms with Crippen LogP contribution in [0.2, 0.25) is 0 Å². The molecule has 0 saturated carbocycles. The molecule has 0 aliphatic heterocycles. The van der Waals surface area contributed by atoms with E-state index in [1.165, 1.54) is 0 Å². The van der Waals surface area contributed by atoms with Crippen LogP contribution in [0.25, 0.3) is 0 Å². The average molecular weight is 431 g/mol. The van der Waals surface area contributed by atoms with Gasteiger partial charge in [0, 0.05) is 45.6 Å². The number of unbranched alkanes of at least 4 members (excludes halogenated alkanes) is 2. The second-order valence-corrected chi connectivity index (χ2v) is 5.72. The molecule has 25 heavy (non-hydrogen) atoms. The molecular formula is C16H24NO7Y-. The standard InChI is InChI=1S/C16H24NO7.Y/c1-11(10-18)5-3-2-4-6-12(19)7-8-13(16(23)24)17-14(20)9-15(21)22;/h11,13H,2-9H2,1H3,(H,17,20)(H,21,22)(H,23,24);/q-1;. The molecule has 2 atom stereocenters. The van der Waals surface area contributed by atoms with E-state index in [2.05, 4.69) is 5.32 Å². The van der Waals surface area contributed by atoms with Crippen LogP contribution < -0.4 is 5.32 Å².